The highest BCUT2D eigenvalue weighted by Gasteiger charge is 2.20. The van der Waals surface area contributed by atoms with Gasteiger partial charge in [0.25, 0.3) is 0 Å². The Kier molecular flexibility index (Phi) is 14.2. The van der Waals surface area contributed by atoms with Crippen molar-refractivity contribution < 1.29 is 9.53 Å². The molecule has 0 heterocycles. The molecule has 3 N–H and O–H groups in total. The molecule has 21 heavy (non-hydrogen) atoms. The van der Waals surface area contributed by atoms with Gasteiger partial charge in [0.15, 0.2) is 5.96 Å². The predicted molar refractivity (Wildman–Crippen MR) is 98.4 cm³/mol. The average molecular weight is 414 g/mol. The van der Waals surface area contributed by atoms with Crippen LogP contribution in [0.4, 0.5) is 0 Å². The molecular weight excluding hydrogens is 383 g/mol. The summed E-state index contributed by atoms with van der Waals surface area (Å²) < 4.78 is 4.98. The van der Waals surface area contributed by atoms with E-state index in [1.165, 1.54) is 0 Å². The SMILES string of the molecule is CCNC(=NCCCOC)NCCNC(=O)C(C)(C)C.I. The lowest BCUT2D eigenvalue weighted by Gasteiger charge is -2.18. The van der Waals surface area contributed by atoms with Gasteiger partial charge in [0.2, 0.25) is 5.91 Å². The molecule has 0 aliphatic carbocycles. The number of hydrogen-bond donors (Lipinski definition) is 3. The highest BCUT2D eigenvalue weighted by Crippen LogP contribution is 2.11. The molecule has 0 aromatic rings. The van der Waals surface area contributed by atoms with Crippen LogP contribution in [0.5, 0.6) is 0 Å². The van der Waals surface area contributed by atoms with Crippen LogP contribution in [-0.2, 0) is 9.53 Å². The first-order chi connectivity index (χ1) is 9.41. The average Bonchev–Trinajstić information content (AvgIpc) is 2.38. The smallest absolute Gasteiger partial charge is 0.225 e. The van der Waals surface area contributed by atoms with Crippen molar-refractivity contribution in [3.8, 4) is 0 Å². The molecule has 6 nitrogen and oxygen atoms in total. The molecule has 0 aromatic carbocycles. The van der Waals surface area contributed by atoms with Crippen molar-refractivity contribution in [2.45, 2.75) is 34.1 Å². The minimum absolute atomic E-state index is 0. The topological polar surface area (TPSA) is 74.8 Å². The fraction of sp³-hybridized carbons (Fsp3) is 0.857. The monoisotopic (exact) mass is 414 g/mol. The van der Waals surface area contributed by atoms with Crippen molar-refractivity contribution in [2.75, 3.05) is 39.9 Å². The second kappa shape index (κ2) is 13.1. The molecule has 0 aromatic heterocycles. The zero-order valence-corrected chi connectivity index (χ0v) is 16.2. The number of hydrogen-bond acceptors (Lipinski definition) is 3. The lowest BCUT2D eigenvalue weighted by molar-refractivity contribution is -0.128. The van der Waals surface area contributed by atoms with E-state index in [0.29, 0.717) is 19.7 Å². The van der Waals surface area contributed by atoms with Crippen LogP contribution >= 0.6 is 24.0 Å². The molecule has 7 heteroatoms. The standard InChI is InChI=1S/C14H30N4O2.HI/c1-6-15-13(17-8-7-11-20-5)18-10-9-16-12(19)14(2,3)4;/h6-11H2,1-5H3,(H,16,19)(H2,15,17,18);1H. The molecule has 0 bridgehead atoms. The molecule has 1 amide bonds. The number of ether oxygens (including phenoxy) is 1. The van der Waals surface area contributed by atoms with Crippen LogP contribution in [-0.4, -0.2) is 51.8 Å². The molecule has 0 saturated carbocycles. The summed E-state index contributed by atoms with van der Waals surface area (Å²) in [5.41, 5.74) is -0.348. The molecule has 0 atom stereocenters. The summed E-state index contributed by atoms with van der Waals surface area (Å²) >= 11 is 0. The maximum atomic E-state index is 11.7. The second-order valence-electron chi connectivity index (χ2n) is 5.54. The van der Waals surface area contributed by atoms with Crippen molar-refractivity contribution in [1.82, 2.24) is 16.0 Å². The third kappa shape index (κ3) is 12.9. The number of carbonyl (C=O) groups is 1. The summed E-state index contributed by atoms with van der Waals surface area (Å²) in [5, 5.41) is 9.24. The summed E-state index contributed by atoms with van der Waals surface area (Å²) in [4.78, 5) is 16.1. The number of nitrogens with zero attached hydrogens (tertiary/aromatic N) is 1. The summed E-state index contributed by atoms with van der Waals surface area (Å²) in [6.07, 6.45) is 0.897. The largest absolute Gasteiger partial charge is 0.385 e. The maximum Gasteiger partial charge on any atom is 0.225 e. The van der Waals surface area contributed by atoms with Gasteiger partial charge in [-0.05, 0) is 13.3 Å². The summed E-state index contributed by atoms with van der Waals surface area (Å²) in [6.45, 7) is 11.2. The number of guanidine groups is 1. The van der Waals surface area contributed by atoms with Crippen LogP contribution in [0.25, 0.3) is 0 Å². The third-order valence-corrected chi connectivity index (χ3v) is 2.50. The highest BCUT2D eigenvalue weighted by atomic mass is 127. The third-order valence-electron chi connectivity index (χ3n) is 2.50. The minimum Gasteiger partial charge on any atom is -0.385 e. The van der Waals surface area contributed by atoms with Crippen LogP contribution in [0.3, 0.4) is 0 Å². The number of aliphatic imine (C=N–C) groups is 1. The maximum absolute atomic E-state index is 11.7. The molecule has 126 valence electrons. The van der Waals surface area contributed by atoms with Crippen molar-refractivity contribution >= 4 is 35.8 Å². The second-order valence-corrected chi connectivity index (χ2v) is 5.54. The van der Waals surface area contributed by atoms with Crippen molar-refractivity contribution in [1.29, 1.82) is 0 Å². The van der Waals surface area contributed by atoms with Gasteiger partial charge >= 0.3 is 0 Å². The van der Waals surface area contributed by atoms with Crippen LogP contribution in [0.1, 0.15) is 34.1 Å². The number of amides is 1. The first kappa shape index (κ1) is 22.7. The van der Waals surface area contributed by atoms with Crippen molar-refractivity contribution in [3.05, 3.63) is 0 Å². The van der Waals surface area contributed by atoms with E-state index in [-0.39, 0.29) is 35.3 Å². The number of nitrogens with one attached hydrogen (secondary N) is 3. The Morgan fingerprint density at radius 2 is 1.76 bits per heavy atom. The quantitative estimate of drug-likeness (QED) is 0.243. The Labute approximate surface area is 145 Å². The number of carbonyl (C=O) groups excluding carboxylic acids is 1. The van der Waals surface area contributed by atoms with Crippen LogP contribution < -0.4 is 16.0 Å². The van der Waals surface area contributed by atoms with E-state index in [4.69, 9.17) is 4.74 Å². The molecule has 0 spiro atoms. The van der Waals surface area contributed by atoms with Gasteiger partial charge in [-0.15, -0.1) is 24.0 Å². The molecule has 0 radical (unpaired) electrons. The number of rotatable bonds is 8. The Bertz CT molecular complexity index is 304. The molecule has 0 rings (SSSR count). The lowest BCUT2D eigenvalue weighted by Crippen LogP contribution is -2.43. The zero-order chi connectivity index (χ0) is 15.4. The Hall–Kier alpha value is -0.570. The van der Waals surface area contributed by atoms with Crippen molar-refractivity contribution in [3.63, 3.8) is 0 Å². The molecule has 0 aliphatic heterocycles. The van der Waals surface area contributed by atoms with E-state index in [1.54, 1.807) is 7.11 Å². The van der Waals surface area contributed by atoms with E-state index >= 15 is 0 Å². The van der Waals surface area contributed by atoms with Gasteiger partial charge in [-0.3, -0.25) is 9.79 Å². The fourth-order valence-electron chi connectivity index (χ4n) is 1.36. The molecule has 0 unspecified atom stereocenters. The van der Waals surface area contributed by atoms with Crippen molar-refractivity contribution in [2.24, 2.45) is 10.4 Å². The molecular formula is C14H31IN4O2. The van der Waals surface area contributed by atoms with E-state index in [1.807, 2.05) is 27.7 Å². The fourth-order valence-corrected chi connectivity index (χ4v) is 1.36. The normalized spacial score (nSPS) is 11.6. The lowest BCUT2D eigenvalue weighted by atomic mass is 9.96. The Balaban J connectivity index is 0. The van der Waals surface area contributed by atoms with Gasteiger partial charge < -0.3 is 20.7 Å². The van der Waals surface area contributed by atoms with Crippen LogP contribution in [0, 0.1) is 5.41 Å². The van der Waals surface area contributed by atoms with Gasteiger partial charge in [0.05, 0.1) is 0 Å². The Morgan fingerprint density at radius 3 is 2.29 bits per heavy atom. The number of halogens is 1. The zero-order valence-electron chi connectivity index (χ0n) is 13.9. The molecule has 0 fully saturated rings. The van der Waals surface area contributed by atoms with Crippen LogP contribution in [0.2, 0.25) is 0 Å². The Morgan fingerprint density at radius 1 is 1.14 bits per heavy atom. The summed E-state index contributed by atoms with van der Waals surface area (Å²) in [6, 6.07) is 0. The van der Waals surface area contributed by atoms with E-state index < -0.39 is 0 Å². The first-order valence-corrected chi connectivity index (χ1v) is 7.21. The van der Waals surface area contributed by atoms with E-state index in [2.05, 4.69) is 20.9 Å². The predicted octanol–water partition coefficient (Wildman–Crippen LogP) is 1.36. The van der Waals surface area contributed by atoms with Gasteiger partial charge in [-0.1, -0.05) is 20.8 Å². The summed E-state index contributed by atoms with van der Waals surface area (Å²) in [7, 11) is 1.69. The van der Waals surface area contributed by atoms with Gasteiger partial charge in [-0.2, -0.15) is 0 Å². The van der Waals surface area contributed by atoms with Crippen LogP contribution in [0.15, 0.2) is 4.99 Å². The van der Waals surface area contributed by atoms with E-state index in [9.17, 15) is 4.79 Å². The minimum atomic E-state index is -0.348. The molecule has 0 aliphatic rings. The van der Waals surface area contributed by atoms with Gasteiger partial charge in [0.1, 0.15) is 0 Å². The number of methoxy groups -OCH3 is 1. The first-order valence-electron chi connectivity index (χ1n) is 7.21. The molecule has 0 saturated heterocycles. The highest BCUT2D eigenvalue weighted by molar-refractivity contribution is 14.0. The summed E-state index contributed by atoms with van der Waals surface area (Å²) in [5.74, 6) is 0.829. The van der Waals surface area contributed by atoms with Gasteiger partial charge in [-0.25, -0.2) is 0 Å². The van der Waals surface area contributed by atoms with Gasteiger partial charge in [0, 0.05) is 45.3 Å². The van der Waals surface area contributed by atoms with E-state index in [0.717, 1.165) is 25.5 Å².